The van der Waals surface area contributed by atoms with Gasteiger partial charge in [-0.3, -0.25) is 19.9 Å². The fourth-order valence-corrected chi connectivity index (χ4v) is 2.74. The number of fused-ring (bicyclic) bond motifs is 1. The lowest BCUT2D eigenvalue weighted by Crippen LogP contribution is -2.43. The van der Waals surface area contributed by atoms with Gasteiger partial charge in [0.2, 0.25) is 11.8 Å². The molecule has 20 heavy (non-hydrogen) atoms. The van der Waals surface area contributed by atoms with Gasteiger partial charge < -0.3 is 0 Å². The minimum atomic E-state index is -0.194. The maximum Gasteiger partial charge on any atom is 0.230 e. The van der Waals surface area contributed by atoms with Gasteiger partial charge in [0, 0.05) is 29.3 Å². The minimum Gasteiger partial charge on any atom is -0.296 e. The van der Waals surface area contributed by atoms with Crippen molar-refractivity contribution in [2.24, 2.45) is 5.92 Å². The molecule has 1 fully saturated rings. The lowest BCUT2D eigenvalue weighted by Gasteiger charge is -2.27. The van der Waals surface area contributed by atoms with Crippen LogP contribution >= 0.6 is 0 Å². The van der Waals surface area contributed by atoms with Crippen molar-refractivity contribution in [3.05, 3.63) is 41.6 Å². The summed E-state index contributed by atoms with van der Waals surface area (Å²) >= 11 is 0. The molecule has 2 heterocycles. The van der Waals surface area contributed by atoms with Crippen molar-refractivity contribution in [2.75, 3.05) is 0 Å². The lowest BCUT2D eigenvalue weighted by molar-refractivity contribution is -0.136. The number of nitrogens with one attached hydrogen (secondary N) is 1. The molecule has 1 aliphatic heterocycles. The standard InChI is InChI=1S/C16H16N2O2/c1-9-3-4-12-7-11(5-6-14(12)17-9)13-8-15(19)18-16(20)10(13)2/h3-7,10,13H,8H2,1-2H3,(H,18,19,20). The number of imide groups is 1. The number of aryl methyl sites for hydroxylation is 1. The van der Waals surface area contributed by atoms with E-state index in [4.69, 9.17) is 0 Å². The quantitative estimate of drug-likeness (QED) is 0.807. The topological polar surface area (TPSA) is 59.1 Å². The van der Waals surface area contributed by atoms with E-state index >= 15 is 0 Å². The Morgan fingerprint density at radius 2 is 2.00 bits per heavy atom. The summed E-state index contributed by atoms with van der Waals surface area (Å²) in [5, 5.41) is 3.42. The van der Waals surface area contributed by atoms with E-state index in [9.17, 15) is 9.59 Å². The summed E-state index contributed by atoms with van der Waals surface area (Å²) in [6.45, 7) is 3.82. The lowest BCUT2D eigenvalue weighted by atomic mass is 9.81. The number of hydrogen-bond acceptors (Lipinski definition) is 3. The van der Waals surface area contributed by atoms with Crippen LogP contribution in [0, 0.1) is 12.8 Å². The van der Waals surface area contributed by atoms with Crippen LogP contribution in [0.5, 0.6) is 0 Å². The molecule has 102 valence electrons. The van der Waals surface area contributed by atoms with Gasteiger partial charge in [0.05, 0.1) is 5.52 Å². The van der Waals surface area contributed by atoms with Crippen LogP contribution in [0.3, 0.4) is 0 Å². The maximum atomic E-state index is 11.8. The normalized spacial score (nSPS) is 22.9. The molecule has 0 aliphatic carbocycles. The molecular weight excluding hydrogens is 252 g/mol. The molecule has 2 atom stereocenters. The Labute approximate surface area is 117 Å². The van der Waals surface area contributed by atoms with Crippen LogP contribution in [0.4, 0.5) is 0 Å². The highest BCUT2D eigenvalue weighted by atomic mass is 16.2. The molecule has 2 aromatic rings. The fourth-order valence-electron chi connectivity index (χ4n) is 2.74. The molecular formula is C16H16N2O2. The first kappa shape index (κ1) is 12.8. The monoisotopic (exact) mass is 268 g/mol. The Hall–Kier alpha value is -2.23. The summed E-state index contributed by atoms with van der Waals surface area (Å²) in [5.41, 5.74) is 2.94. The Kier molecular flexibility index (Phi) is 3.01. The van der Waals surface area contributed by atoms with Crippen molar-refractivity contribution >= 4 is 22.7 Å². The van der Waals surface area contributed by atoms with Crippen LogP contribution in [-0.2, 0) is 9.59 Å². The largest absolute Gasteiger partial charge is 0.296 e. The average Bonchev–Trinajstić information content (AvgIpc) is 2.42. The molecule has 1 N–H and O–H groups in total. The van der Waals surface area contributed by atoms with Gasteiger partial charge in [-0.1, -0.05) is 19.1 Å². The highest BCUT2D eigenvalue weighted by molar-refractivity contribution is 5.99. The first-order valence-electron chi connectivity index (χ1n) is 6.75. The molecule has 0 bridgehead atoms. The number of piperidine rings is 1. The molecule has 1 aromatic carbocycles. The number of benzene rings is 1. The van der Waals surface area contributed by atoms with Crippen LogP contribution < -0.4 is 5.32 Å². The predicted octanol–water partition coefficient (Wildman–Crippen LogP) is 2.31. The van der Waals surface area contributed by atoms with Crippen molar-refractivity contribution in [1.29, 1.82) is 0 Å². The minimum absolute atomic E-state index is 0.0537. The number of carbonyl (C=O) groups is 2. The fraction of sp³-hybridized carbons (Fsp3) is 0.312. The van der Waals surface area contributed by atoms with E-state index in [1.807, 2.05) is 44.2 Å². The van der Waals surface area contributed by atoms with Gasteiger partial charge in [-0.05, 0) is 30.7 Å². The van der Waals surface area contributed by atoms with E-state index in [2.05, 4.69) is 10.3 Å². The highest BCUT2D eigenvalue weighted by Gasteiger charge is 2.33. The first-order valence-corrected chi connectivity index (χ1v) is 6.75. The summed E-state index contributed by atoms with van der Waals surface area (Å²) < 4.78 is 0. The number of rotatable bonds is 1. The van der Waals surface area contributed by atoms with Gasteiger partial charge in [0.15, 0.2) is 0 Å². The number of amides is 2. The summed E-state index contributed by atoms with van der Waals surface area (Å²) in [4.78, 5) is 27.8. The van der Waals surface area contributed by atoms with Crippen LogP contribution in [-0.4, -0.2) is 16.8 Å². The summed E-state index contributed by atoms with van der Waals surface area (Å²) in [7, 11) is 0. The Bertz CT molecular complexity index is 709. The molecule has 2 unspecified atom stereocenters. The molecule has 1 aliphatic rings. The Morgan fingerprint density at radius 3 is 2.80 bits per heavy atom. The Morgan fingerprint density at radius 1 is 1.20 bits per heavy atom. The van der Waals surface area contributed by atoms with E-state index in [-0.39, 0.29) is 23.7 Å². The third-order valence-corrected chi connectivity index (χ3v) is 3.97. The van der Waals surface area contributed by atoms with Crippen molar-refractivity contribution in [3.63, 3.8) is 0 Å². The van der Waals surface area contributed by atoms with Gasteiger partial charge in [-0.25, -0.2) is 0 Å². The first-order chi connectivity index (χ1) is 9.54. The summed E-state index contributed by atoms with van der Waals surface area (Å²) in [6, 6.07) is 9.96. The third-order valence-electron chi connectivity index (χ3n) is 3.97. The van der Waals surface area contributed by atoms with Crippen LogP contribution in [0.2, 0.25) is 0 Å². The zero-order valence-corrected chi connectivity index (χ0v) is 11.5. The molecule has 1 aromatic heterocycles. The molecule has 1 saturated heterocycles. The van der Waals surface area contributed by atoms with Crippen LogP contribution in [0.25, 0.3) is 10.9 Å². The maximum absolute atomic E-state index is 11.8. The van der Waals surface area contributed by atoms with E-state index in [0.717, 1.165) is 22.2 Å². The highest BCUT2D eigenvalue weighted by Crippen LogP contribution is 2.32. The van der Waals surface area contributed by atoms with Crippen molar-refractivity contribution < 1.29 is 9.59 Å². The number of nitrogens with zero attached hydrogens (tertiary/aromatic N) is 1. The molecule has 0 spiro atoms. The number of aromatic nitrogens is 1. The van der Waals surface area contributed by atoms with Crippen molar-refractivity contribution in [3.8, 4) is 0 Å². The smallest absolute Gasteiger partial charge is 0.230 e. The summed E-state index contributed by atoms with van der Waals surface area (Å²) in [5.74, 6) is -0.626. The van der Waals surface area contributed by atoms with Gasteiger partial charge in [-0.2, -0.15) is 0 Å². The average molecular weight is 268 g/mol. The van der Waals surface area contributed by atoms with Gasteiger partial charge in [0.1, 0.15) is 0 Å². The molecule has 0 radical (unpaired) electrons. The van der Waals surface area contributed by atoms with Crippen LogP contribution in [0.15, 0.2) is 30.3 Å². The second kappa shape index (κ2) is 4.71. The second-order valence-corrected chi connectivity index (χ2v) is 5.42. The van der Waals surface area contributed by atoms with E-state index in [1.165, 1.54) is 0 Å². The number of pyridine rings is 1. The Balaban J connectivity index is 2.03. The van der Waals surface area contributed by atoms with Gasteiger partial charge in [0.25, 0.3) is 0 Å². The molecule has 4 nitrogen and oxygen atoms in total. The van der Waals surface area contributed by atoms with E-state index in [1.54, 1.807) is 0 Å². The number of carbonyl (C=O) groups excluding carboxylic acids is 2. The number of hydrogen-bond donors (Lipinski definition) is 1. The summed E-state index contributed by atoms with van der Waals surface area (Å²) in [6.07, 6.45) is 0.359. The van der Waals surface area contributed by atoms with Crippen molar-refractivity contribution in [2.45, 2.75) is 26.2 Å². The van der Waals surface area contributed by atoms with Gasteiger partial charge in [-0.15, -0.1) is 0 Å². The SMILES string of the molecule is Cc1ccc2cc(C3CC(=O)NC(=O)C3C)ccc2n1. The van der Waals surface area contributed by atoms with Crippen LogP contribution in [0.1, 0.15) is 30.5 Å². The van der Waals surface area contributed by atoms with Gasteiger partial charge >= 0.3 is 0 Å². The van der Waals surface area contributed by atoms with E-state index < -0.39 is 0 Å². The van der Waals surface area contributed by atoms with E-state index in [0.29, 0.717) is 6.42 Å². The second-order valence-electron chi connectivity index (χ2n) is 5.42. The zero-order chi connectivity index (χ0) is 14.3. The van der Waals surface area contributed by atoms with Crippen molar-refractivity contribution in [1.82, 2.24) is 10.3 Å². The molecule has 4 heteroatoms. The molecule has 3 rings (SSSR count). The molecule has 2 amide bonds. The molecule has 0 saturated carbocycles. The third kappa shape index (κ3) is 2.18. The predicted molar refractivity (Wildman–Crippen MR) is 76.2 cm³/mol. The zero-order valence-electron chi connectivity index (χ0n) is 11.5.